The van der Waals surface area contributed by atoms with E-state index in [2.05, 4.69) is 22.0 Å². The first-order chi connectivity index (χ1) is 27.1. The zero-order valence-electron chi connectivity index (χ0n) is 31.9. The van der Waals surface area contributed by atoms with Crippen molar-refractivity contribution in [2.24, 2.45) is 10.8 Å². The number of carbonyl (C=O) groups is 4. The molecule has 0 aliphatic carbocycles. The predicted molar refractivity (Wildman–Crippen MR) is 205 cm³/mol. The second-order valence-corrected chi connectivity index (χ2v) is 15.0. The van der Waals surface area contributed by atoms with E-state index in [0.717, 1.165) is 22.9 Å². The van der Waals surface area contributed by atoms with Crippen molar-refractivity contribution >= 4 is 52.4 Å². The minimum atomic E-state index is -4.63. The average molecular weight is 813 g/mol. The van der Waals surface area contributed by atoms with Gasteiger partial charge < -0.3 is 29.9 Å². The van der Waals surface area contributed by atoms with Crippen LogP contribution in [0.5, 0.6) is 5.75 Å². The molecule has 6 heterocycles. The van der Waals surface area contributed by atoms with Gasteiger partial charge >= 0.3 is 6.18 Å². The summed E-state index contributed by atoms with van der Waals surface area (Å²) in [5.41, 5.74) is -1.47. The summed E-state index contributed by atoms with van der Waals surface area (Å²) < 4.78 is 46.1. The van der Waals surface area contributed by atoms with Gasteiger partial charge in [-0.3, -0.25) is 19.2 Å². The monoisotopic (exact) mass is 812 g/mol. The largest absolute Gasteiger partial charge is 0.505 e. The molecule has 1 aromatic carbocycles. The number of hydrogen-bond donors (Lipinski definition) is 2. The highest BCUT2D eigenvalue weighted by Crippen LogP contribution is 2.44. The number of pyridine rings is 1. The smallest absolute Gasteiger partial charge is 0.416 e. The summed E-state index contributed by atoms with van der Waals surface area (Å²) in [6.07, 6.45) is 0.0602. The van der Waals surface area contributed by atoms with Gasteiger partial charge in [-0.25, -0.2) is 4.98 Å². The number of aromatic hydroxyl groups is 1. The van der Waals surface area contributed by atoms with Crippen LogP contribution in [-0.2, 0) is 20.5 Å². The van der Waals surface area contributed by atoms with Gasteiger partial charge in [0.25, 0.3) is 11.8 Å². The molecule has 2 N–H and O–H groups in total. The molecule has 4 aliphatic rings. The number of amides is 3. The van der Waals surface area contributed by atoms with Gasteiger partial charge in [0, 0.05) is 49.9 Å². The van der Waals surface area contributed by atoms with E-state index >= 15 is 0 Å². The third kappa shape index (κ3) is 8.26. The number of carbonyl (C=O) groups excluding carboxylic acids is 4. The lowest BCUT2D eigenvalue weighted by Gasteiger charge is -2.44. The highest BCUT2D eigenvalue weighted by atomic mass is 35.5. The maximum atomic E-state index is 14.3. The van der Waals surface area contributed by atoms with Gasteiger partial charge in [-0.05, 0) is 68.5 Å². The Bertz CT molecular complexity index is 2110. The molecule has 2 saturated heterocycles. The van der Waals surface area contributed by atoms with Crippen LogP contribution >= 0.6 is 11.6 Å². The van der Waals surface area contributed by atoms with Crippen molar-refractivity contribution in [3.05, 3.63) is 76.9 Å². The van der Waals surface area contributed by atoms with E-state index in [0.29, 0.717) is 57.6 Å². The van der Waals surface area contributed by atoms with E-state index in [-0.39, 0.29) is 71.6 Å². The molecule has 7 rings (SSSR count). The number of aromatic nitrogens is 4. The second kappa shape index (κ2) is 16.3. The Morgan fingerprint density at radius 2 is 1.75 bits per heavy atom. The van der Waals surface area contributed by atoms with Gasteiger partial charge in [0.15, 0.2) is 11.5 Å². The highest BCUT2D eigenvalue weighted by Gasteiger charge is 2.46. The summed E-state index contributed by atoms with van der Waals surface area (Å²) in [5, 5.41) is 17.1. The molecule has 2 fully saturated rings. The molecule has 0 bridgehead atoms. The lowest BCUT2D eigenvalue weighted by atomic mass is 9.69. The molecule has 14 nitrogen and oxygen atoms in total. The molecule has 0 saturated carbocycles. The number of likely N-dealkylation sites (tertiary alicyclic amines) is 1. The Kier molecular flexibility index (Phi) is 11.8. The number of rotatable bonds is 6. The van der Waals surface area contributed by atoms with Crippen LogP contribution in [0.2, 0.25) is 5.02 Å². The lowest BCUT2D eigenvalue weighted by molar-refractivity contribution is -0.168. The van der Waals surface area contributed by atoms with Crippen LogP contribution in [-0.4, -0.2) is 111 Å². The van der Waals surface area contributed by atoms with Crippen LogP contribution in [0.15, 0.2) is 54.8 Å². The summed E-state index contributed by atoms with van der Waals surface area (Å²) in [6, 6.07) is 5.51. The third-order valence-corrected chi connectivity index (χ3v) is 11.2. The van der Waals surface area contributed by atoms with E-state index in [1.54, 1.807) is 14.7 Å². The first kappa shape index (κ1) is 41.3. The van der Waals surface area contributed by atoms with Crippen molar-refractivity contribution in [1.82, 2.24) is 29.5 Å². The van der Waals surface area contributed by atoms with E-state index in [9.17, 15) is 37.5 Å². The number of ether oxygens (including phenoxy) is 1. The average Bonchev–Trinajstić information content (AvgIpc) is 3.64. The minimum Gasteiger partial charge on any atom is -0.505 e. The third-order valence-electron chi connectivity index (χ3n) is 10.9. The molecule has 4 aliphatic heterocycles. The second-order valence-electron chi connectivity index (χ2n) is 14.6. The fourth-order valence-corrected chi connectivity index (χ4v) is 7.64. The molecule has 57 heavy (non-hydrogen) atoms. The van der Waals surface area contributed by atoms with Crippen molar-refractivity contribution in [2.45, 2.75) is 52.6 Å². The molecule has 3 amide bonds. The quantitative estimate of drug-likeness (QED) is 0.296. The SMILES string of the molecule is C=C1C(=O)n2nc(C3=CCN(C(=O)C4(C)COC4)CC3)nc2N(CC(=O)Nc2ccc(C(F)(F)F)cc2Cl)CCC12CCN(C(=O)c1ncccc1O)CC2.CC. The van der Waals surface area contributed by atoms with Crippen LogP contribution in [0, 0.1) is 10.8 Å². The Morgan fingerprint density at radius 1 is 1.05 bits per heavy atom. The van der Waals surface area contributed by atoms with Crippen molar-refractivity contribution in [2.75, 3.05) is 62.7 Å². The highest BCUT2D eigenvalue weighted by molar-refractivity contribution is 6.33. The van der Waals surface area contributed by atoms with Crippen molar-refractivity contribution in [3.8, 4) is 5.75 Å². The van der Waals surface area contributed by atoms with Crippen molar-refractivity contribution in [3.63, 3.8) is 0 Å². The summed E-state index contributed by atoms with van der Waals surface area (Å²) >= 11 is 6.13. The molecular formula is C39H44ClF3N8O6. The zero-order chi connectivity index (χ0) is 41.3. The van der Waals surface area contributed by atoms with E-state index in [1.165, 1.54) is 18.3 Å². The Balaban J connectivity index is 0.00000270. The molecule has 0 radical (unpaired) electrons. The van der Waals surface area contributed by atoms with Crippen LogP contribution in [0.1, 0.15) is 73.1 Å². The number of anilines is 2. The molecule has 304 valence electrons. The van der Waals surface area contributed by atoms with E-state index < -0.39 is 40.3 Å². The van der Waals surface area contributed by atoms with Crippen molar-refractivity contribution in [1.29, 1.82) is 0 Å². The molecular weight excluding hydrogens is 769 g/mol. The molecule has 2 aromatic heterocycles. The van der Waals surface area contributed by atoms with E-state index in [1.807, 2.05) is 26.8 Å². The molecule has 0 atom stereocenters. The number of nitrogens with one attached hydrogen (secondary N) is 1. The van der Waals surface area contributed by atoms with Gasteiger partial charge in [0.1, 0.15) is 12.3 Å². The summed E-state index contributed by atoms with van der Waals surface area (Å²) in [6.45, 7) is 11.8. The van der Waals surface area contributed by atoms with Crippen LogP contribution in [0.3, 0.4) is 0 Å². The number of halogens is 4. The fraction of sp³-hybridized carbons (Fsp3) is 0.462. The summed E-state index contributed by atoms with van der Waals surface area (Å²) in [5.74, 6) is -1.56. The fourth-order valence-electron chi connectivity index (χ4n) is 7.41. The Hall–Kier alpha value is -5.29. The Labute approximate surface area is 332 Å². The number of alkyl halides is 3. The van der Waals surface area contributed by atoms with Gasteiger partial charge in [-0.2, -0.15) is 22.8 Å². The zero-order valence-corrected chi connectivity index (χ0v) is 32.6. The first-order valence-electron chi connectivity index (χ1n) is 18.7. The molecule has 3 aromatic rings. The lowest BCUT2D eigenvalue weighted by Crippen LogP contribution is -2.54. The normalized spacial score (nSPS) is 19.0. The van der Waals surface area contributed by atoms with E-state index in [4.69, 9.17) is 21.3 Å². The van der Waals surface area contributed by atoms with Crippen LogP contribution in [0.25, 0.3) is 5.57 Å². The van der Waals surface area contributed by atoms with Crippen molar-refractivity contribution < 1.29 is 42.2 Å². The summed E-state index contributed by atoms with van der Waals surface area (Å²) in [7, 11) is 0. The van der Waals surface area contributed by atoms with Gasteiger partial charge in [-0.1, -0.05) is 38.1 Å². The van der Waals surface area contributed by atoms with Gasteiger partial charge in [0.05, 0.1) is 34.9 Å². The number of hydrogen-bond acceptors (Lipinski definition) is 10. The number of allylic oxidation sites excluding steroid dienone is 1. The number of benzene rings is 1. The molecule has 18 heteroatoms. The number of fused-ring (bicyclic) bond motifs is 1. The predicted octanol–water partition coefficient (Wildman–Crippen LogP) is 5.70. The minimum absolute atomic E-state index is 0.00851. The first-order valence-corrected chi connectivity index (χ1v) is 19.1. The molecule has 1 spiro atoms. The van der Waals surface area contributed by atoms with Gasteiger partial charge in [-0.15, -0.1) is 5.10 Å². The molecule has 0 unspecified atom stereocenters. The number of nitrogens with zero attached hydrogens (tertiary/aromatic N) is 7. The van der Waals surface area contributed by atoms with Crippen LogP contribution in [0.4, 0.5) is 24.8 Å². The maximum Gasteiger partial charge on any atom is 0.416 e. The Morgan fingerprint density at radius 3 is 2.35 bits per heavy atom. The van der Waals surface area contributed by atoms with Gasteiger partial charge in [0.2, 0.25) is 17.8 Å². The maximum absolute atomic E-state index is 14.3. The number of piperidine rings is 1. The topological polar surface area (TPSA) is 163 Å². The summed E-state index contributed by atoms with van der Waals surface area (Å²) in [4.78, 5) is 67.8. The standard InChI is InChI=1S/C37H38ClF3N8O6.C2H6/c1-22-31(52)49-34(44-30(45-49)23-7-13-47(14-8-23)33(54)35(2)20-55-21-35)48(19-28(51)43-26-6-5-24(18-25(26)38)37(39,40)41)17-11-36(22)9-15-46(16-10-36)32(53)29-27(50)4-3-12-42-29;1-2/h3-7,12,18,50H,1,8-11,13-17,19-21H2,2H3,(H,43,51);1-2H3. The van der Waals surface area contributed by atoms with Crippen LogP contribution < -0.4 is 10.2 Å².